The van der Waals surface area contributed by atoms with Crippen molar-refractivity contribution in [2.45, 2.75) is 32.8 Å². The van der Waals surface area contributed by atoms with Gasteiger partial charge in [0.1, 0.15) is 5.82 Å². The SMILES string of the molecule is CC(C)CCC(O)c1cnn(C)c1N. The molecule has 3 N–H and O–H groups in total. The largest absolute Gasteiger partial charge is 0.388 e. The molecule has 0 radical (unpaired) electrons. The average Bonchev–Trinajstić information content (AvgIpc) is 2.44. The number of hydrogen-bond donors (Lipinski definition) is 2. The number of aliphatic hydroxyl groups excluding tert-OH is 1. The Morgan fingerprint density at radius 3 is 2.57 bits per heavy atom. The standard InChI is InChI=1S/C10H19N3O/c1-7(2)4-5-9(14)8-6-12-13(3)10(8)11/h6-7,9,14H,4-5,11H2,1-3H3. The van der Waals surface area contributed by atoms with Gasteiger partial charge in [0.25, 0.3) is 0 Å². The van der Waals surface area contributed by atoms with Crippen LogP contribution in [0.5, 0.6) is 0 Å². The van der Waals surface area contributed by atoms with Gasteiger partial charge in [0, 0.05) is 12.6 Å². The molecule has 0 fully saturated rings. The van der Waals surface area contributed by atoms with E-state index in [-0.39, 0.29) is 0 Å². The maximum Gasteiger partial charge on any atom is 0.127 e. The molecule has 1 atom stereocenters. The predicted octanol–water partition coefficient (Wildman–Crippen LogP) is 1.47. The molecule has 0 aliphatic carbocycles. The molecule has 0 bridgehead atoms. The molecule has 4 nitrogen and oxygen atoms in total. The zero-order valence-electron chi connectivity index (χ0n) is 9.07. The number of hydrogen-bond acceptors (Lipinski definition) is 3. The second-order valence-electron chi connectivity index (χ2n) is 4.10. The second-order valence-corrected chi connectivity index (χ2v) is 4.10. The van der Waals surface area contributed by atoms with E-state index in [4.69, 9.17) is 5.73 Å². The summed E-state index contributed by atoms with van der Waals surface area (Å²) in [5.74, 6) is 1.16. The van der Waals surface area contributed by atoms with E-state index in [1.807, 2.05) is 0 Å². The van der Waals surface area contributed by atoms with Crippen molar-refractivity contribution in [2.75, 3.05) is 5.73 Å². The third-order valence-corrected chi connectivity index (χ3v) is 2.39. The third kappa shape index (κ3) is 2.48. The fourth-order valence-electron chi connectivity index (χ4n) is 1.37. The Morgan fingerprint density at radius 2 is 2.14 bits per heavy atom. The molecule has 1 unspecified atom stereocenters. The molecule has 80 valence electrons. The topological polar surface area (TPSA) is 64.1 Å². The molecule has 1 aromatic heterocycles. The first-order valence-corrected chi connectivity index (χ1v) is 4.97. The Kier molecular flexibility index (Phi) is 3.52. The minimum atomic E-state index is -0.480. The van der Waals surface area contributed by atoms with Crippen LogP contribution in [0.3, 0.4) is 0 Å². The van der Waals surface area contributed by atoms with Gasteiger partial charge in [-0.15, -0.1) is 0 Å². The lowest BCUT2D eigenvalue weighted by atomic mass is 10.0. The van der Waals surface area contributed by atoms with Crippen molar-refractivity contribution in [1.82, 2.24) is 9.78 Å². The Balaban J connectivity index is 2.60. The van der Waals surface area contributed by atoms with E-state index in [0.717, 1.165) is 18.4 Å². The van der Waals surface area contributed by atoms with E-state index in [1.165, 1.54) is 0 Å². The van der Waals surface area contributed by atoms with Gasteiger partial charge in [-0.3, -0.25) is 4.68 Å². The molecule has 0 aromatic carbocycles. The summed E-state index contributed by atoms with van der Waals surface area (Å²) in [5, 5.41) is 13.8. The Morgan fingerprint density at radius 1 is 1.50 bits per heavy atom. The van der Waals surface area contributed by atoms with Crippen LogP contribution in [0.2, 0.25) is 0 Å². The molecule has 0 saturated carbocycles. The summed E-state index contributed by atoms with van der Waals surface area (Å²) in [6.45, 7) is 4.28. The highest BCUT2D eigenvalue weighted by atomic mass is 16.3. The van der Waals surface area contributed by atoms with E-state index in [1.54, 1.807) is 17.9 Å². The molecule has 0 aliphatic rings. The van der Waals surface area contributed by atoms with Gasteiger partial charge in [0.05, 0.1) is 12.3 Å². The molecule has 0 amide bonds. The average molecular weight is 197 g/mol. The first-order valence-electron chi connectivity index (χ1n) is 4.97. The lowest BCUT2D eigenvalue weighted by molar-refractivity contribution is 0.160. The van der Waals surface area contributed by atoms with Crippen LogP contribution in [0.1, 0.15) is 38.4 Å². The van der Waals surface area contributed by atoms with E-state index in [0.29, 0.717) is 11.7 Å². The summed E-state index contributed by atoms with van der Waals surface area (Å²) >= 11 is 0. The Bertz CT molecular complexity index is 294. The van der Waals surface area contributed by atoms with Crippen molar-refractivity contribution in [3.63, 3.8) is 0 Å². The number of anilines is 1. The summed E-state index contributed by atoms with van der Waals surface area (Å²) in [5.41, 5.74) is 6.49. The van der Waals surface area contributed by atoms with Gasteiger partial charge in [-0.1, -0.05) is 13.8 Å². The van der Waals surface area contributed by atoms with Crippen molar-refractivity contribution < 1.29 is 5.11 Å². The van der Waals surface area contributed by atoms with Crippen LogP contribution in [0.4, 0.5) is 5.82 Å². The predicted molar refractivity (Wildman–Crippen MR) is 56.7 cm³/mol. The number of rotatable bonds is 4. The fraction of sp³-hybridized carbons (Fsp3) is 0.700. The maximum atomic E-state index is 9.83. The van der Waals surface area contributed by atoms with Crippen LogP contribution < -0.4 is 5.73 Å². The number of aromatic nitrogens is 2. The monoisotopic (exact) mass is 197 g/mol. The minimum Gasteiger partial charge on any atom is -0.388 e. The molecule has 1 rings (SSSR count). The van der Waals surface area contributed by atoms with Crippen LogP contribution in [0.15, 0.2) is 6.20 Å². The molecule has 14 heavy (non-hydrogen) atoms. The highest BCUT2D eigenvalue weighted by Crippen LogP contribution is 2.24. The van der Waals surface area contributed by atoms with Gasteiger partial charge < -0.3 is 10.8 Å². The molecule has 0 aliphatic heterocycles. The molecule has 4 heteroatoms. The zero-order chi connectivity index (χ0) is 10.7. The number of aliphatic hydroxyl groups is 1. The summed E-state index contributed by atoms with van der Waals surface area (Å²) in [6, 6.07) is 0. The van der Waals surface area contributed by atoms with Crippen molar-refractivity contribution >= 4 is 5.82 Å². The number of nitrogen functional groups attached to an aromatic ring is 1. The zero-order valence-corrected chi connectivity index (χ0v) is 9.07. The van der Waals surface area contributed by atoms with Crippen molar-refractivity contribution in [1.29, 1.82) is 0 Å². The highest BCUT2D eigenvalue weighted by molar-refractivity contribution is 5.39. The summed E-state index contributed by atoms with van der Waals surface area (Å²) in [6.07, 6.45) is 2.90. The molecular formula is C10H19N3O. The smallest absolute Gasteiger partial charge is 0.127 e. The lowest BCUT2D eigenvalue weighted by Crippen LogP contribution is -2.04. The minimum absolute atomic E-state index is 0.480. The van der Waals surface area contributed by atoms with Crippen molar-refractivity contribution in [3.8, 4) is 0 Å². The van der Waals surface area contributed by atoms with Gasteiger partial charge in [0.2, 0.25) is 0 Å². The second kappa shape index (κ2) is 4.46. The number of aryl methyl sites for hydroxylation is 1. The van der Waals surface area contributed by atoms with E-state index in [9.17, 15) is 5.11 Å². The van der Waals surface area contributed by atoms with Crippen molar-refractivity contribution in [2.24, 2.45) is 13.0 Å². The summed E-state index contributed by atoms with van der Waals surface area (Å²) < 4.78 is 1.58. The summed E-state index contributed by atoms with van der Waals surface area (Å²) in [4.78, 5) is 0. The first kappa shape index (κ1) is 11.0. The molecule has 1 aromatic rings. The van der Waals surface area contributed by atoms with Gasteiger partial charge in [-0.25, -0.2) is 0 Å². The number of nitrogens with two attached hydrogens (primary N) is 1. The first-order chi connectivity index (χ1) is 6.52. The van der Waals surface area contributed by atoms with Crippen LogP contribution >= 0.6 is 0 Å². The summed E-state index contributed by atoms with van der Waals surface area (Å²) in [7, 11) is 1.77. The van der Waals surface area contributed by atoms with Gasteiger partial charge in [-0.2, -0.15) is 5.10 Å². The lowest BCUT2D eigenvalue weighted by Gasteiger charge is -2.11. The number of nitrogens with zero attached hydrogens (tertiary/aromatic N) is 2. The molecule has 1 heterocycles. The van der Waals surface area contributed by atoms with Crippen LogP contribution in [0.25, 0.3) is 0 Å². The Hall–Kier alpha value is -1.03. The van der Waals surface area contributed by atoms with Crippen molar-refractivity contribution in [3.05, 3.63) is 11.8 Å². The third-order valence-electron chi connectivity index (χ3n) is 2.39. The molecule has 0 spiro atoms. The fourth-order valence-corrected chi connectivity index (χ4v) is 1.37. The van der Waals surface area contributed by atoms with Crippen LogP contribution in [-0.4, -0.2) is 14.9 Å². The van der Waals surface area contributed by atoms with Gasteiger partial charge in [0.15, 0.2) is 0 Å². The van der Waals surface area contributed by atoms with Crippen LogP contribution in [0, 0.1) is 5.92 Å². The van der Waals surface area contributed by atoms with Crippen LogP contribution in [-0.2, 0) is 7.05 Å². The quantitative estimate of drug-likeness (QED) is 0.768. The normalized spacial score (nSPS) is 13.5. The van der Waals surface area contributed by atoms with E-state index < -0.39 is 6.10 Å². The maximum absolute atomic E-state index is 9.83. The van der Waals surface area contributed by atoms with Gasteiger partial charge in [-0.05, 0) is 18.8 Å². The molecular weight excluding hydrogens is 178 g/mol. The van der Waals surface area contributed by atoms with Gasteiger partial charge >= 0.3 is 0 Å². The molecule has 0 saturated heterocycles. The highest BCUT2D eigenvalue weighted by Gasteiger charge is 2.14. The Labute approximate surface area is 84.7 Å². The van der Waals surface area contributed by atoms with E-state index >= 15 is 0 Å². The van der Waals surface area contributed by atoms with E-state index in [2.05, 4.69) is 18.9 Å².